The van der Waals surface area contributed by atoms with E-state index in [1.165, 1.54) is 12.1 Å². The van der Waals surface area contributed by atoms with Crippen LogP contribution in [0.4, 0.5) is 15.9 Å². The van der Waals surface area contributed by atoms with Crippen LogP contribution in [0.5, 0.6) is 0 Å². The number of piperazine rings is 1. The summed E-state index contributed by atoms with van der Waals surface area (Å²) < 4.78 is 19.9. The highest BCUT2D eigenvalue weighted by Gasteiger charge is 2.38. The smallest absolute Gasteiger partial charge is 0.260 e. The topological polar surface area (TPSA) is 77.9 Å². The van der Waals surface area contributed by atoms with Crippen molar-refractivity contribution in [3.05, 3.63) is 65.3 Å². The van der Waals surface area contributed by atoms with Crippen molar-refractivity contribution in [1.82, 2.24) is 9.88 Å². The number of ether oxygens (including phenoxy) is 1. The molecule has 0 atom stereocenters. The highest BCUT2D eigenvalue weighted by Crippen LogP contribution is 2.44. The summed E-state index contributed by atoms with van der Waals surface area (Å²) in [5.74, 6) is 0.683. The second-order valence-corrected chi connectivity index (χ2v) is 9.01. The van der Waals surface area contributed by atoms with E-state index in [0.717, 1.165) is 43.1 Å². The van der Waals surface area contributed by atoms with Crippen molar-refractivity contribution in [2.45, 2.75) is 19.4 Å². The van der Waals surface area contributed by atoms with E-state index in [2.05, 4.69) is 26.2 Å². The van der Waals surface area contributed by atoms with Crippen LogP contribution < -0.4 is 10.2 Å². The van der Waals surface area contributed by atoms with E-state index in [9.17, 15) is 9.18 Å². The molecule has 33 heavy (non-hydrogen) atoms. The third-order valence-electron chi connectivity index (χ3n) is 6.43. The van der Waals surface area contributed by atoms with Crippen molar-refractivity contribution in [1.29, 1.82) is 0 Å². The van der Waals surface area contributed by atoms with Gasteiger partial charge in [0.1, 0.15) is 23.0 Å². The van der Waals surface area contributed by atoms with Gasteiger partial charge in [-0.15, -0.1) is 0 Å². The van der Waals surface area contributed by atoms with Crippen molar-refractivity contribution in [2.75, 3.05) is 49.5 Å². The minimum absolute atomic E-state index is 0.173. The largest absolute Gasteiger partial charge is 0.482 e. The van der Waals surface area contributed by atoms with Gasteiger partial charge in [-0.2, -0.15) is 0 Å². The van der Waals surface area contributed by atoms with Gasteiger partial charge in [-0.3, -0.25) is 9.69 Å². The highest BCUT2D eigenvalue weighted by atomic mass is 19.1. The Morgan fingerprint density at radius 2 is 1.97 bits per heavy atom. The number of nitrogens with one attached hydrogen (secondary N) is 1. The summed E-state index contributed by atoms with van der Waals surface area (Å²) in [6.07, 6.45) is 3.71. The zero-order valence-electron chi connectivity index (χ0n) is 18.8. The number of rotatable bonds is 4. The molecule has 2 N–H and O–H groups in total. The normalized spacial score (nSPS) is 22.1. The number of benzene rings is 1. The van der Waals surface area contributed by atoms with Crippen LogP contribution in [0.3, 0.4) is 0 Å². The zero-order chi connectivity index (χ0) is 23.2. The molecule has 172 valence electrons. The molecule has 3 aliphatic heterocycles. The van der Waals surface area contributed by atoms with E-state index in [1.807, 2.05) is 26.0 Å². The number of halogens is 1. The molecule has 3 aliphatic rings. The fourth-order valence-electron chi connectivity index (χ4n) is 4.71. The summed E-state index contributed by atoms with van der Waals surface area (Å²) in [5.41, 5.74) is 2.80. The number of aliphatic hydroxyl groups is 1. The Morgan fingerprint density at radius 3 is 2.73 bits per heavy atom. The predicted molar refractivity (Wildman–Crippen MR) is 125 cm³/mol. The van der Waals surface area contributed by atoms with Crippen molar-refractivity contribution in [2.24, 2.45) is 0 Å². The van der Waals surface area contributed by atoms with Gasteiger partial charge < -0.3 is 20.1 Å². The molecule has 8 heteroatoms. The number of carbonyl (C=O) groups is 1. The molecule has 0 unspecified atom stereocenters. The van der Waals surface area contributed by atoms with Gasteiger partial charge in [0, 0.05) is 50.1 Å². The third kappa shape index (κ3) is 4.00. The maximum atomic E-state index is 13.6. The number of aromatic nitrogens is 1. The van der Waals surface area contributed by atoms with Gasteiger partial charge in [0.15, 0.2) is 0 Å². The summed E-state index contributed by atoms with van der Waals surface area (Å²) in [6.45, 7) is 8.27. The number of nitrogens with zero attached hydrogens (tertiary/aromatic N) is 3. The lowest BCUT2D eigenvalue weighted by Gasteiger charge is -2.35. The van der Waals surface area contributed by atoms with E-state index in [-0.39, 0.29) is 12.5 Å². The lowest BCUT2D eigenvalue weighted by Crippen LogP contribution is -2.47. The molecule has 0 saturated carbocycles. The molecule has 1 fully saturated rings. The number of hydrogen-bond acceptors (Lipinski definition) is 6. The minimum Gasteiger partial charge on any atom is -0.482 e. The number of amides is 1. The van der Waals surface area contributed by atoms with Crippen LogP contribution in [0.2, 0.25) is 0 Å². The van der Waals surface area contributed by atoms with E-state index in [1.54, 1.807) is 12.3 Å². The average Bonchev–Trinajstić information content (AvgIpc) is 3.28. The Kier molecular flexibility index (Phi) is 5.42. The SMILES string of the molecule is CC1(C)OC(=C2C(=O)Nc3cc(F)ccc32)C=C1c1ccnc(N2CCN(CCO)CC2)c1. The second kappa shape index (κ2) is 8.28. The number of allylic oxidation sites excluding steroid dienone is 1. The first-order chi connectivity index (χ1) is 15.9. The first-order valence-electron chi connectivity index (χ1n) is 11.2. The molecule has 1 aromatic carbocycles. The number of hydrogen-bond donors (Lipinski definition) is 2. The first-order valence-corrected chi connectivity index (χ1v) is 11.2. The first kappa shape index (κ1) is 21.6. The Hall–Kier alpha value is -3.23. The van der Waals surface area contributed by atoms with E-state index in [4.69, 9.17) is 9.84 Å². The average molecular weight is 451 g/mol. The predicted octanol–water partition coefficient (Wildman–Crippen LogP) is 2.89. The number of pyridine rings is 1. The number of aliphatic hydroxyl groups excluding tert-OH is 1. The fraction of sp³-hybridized carbons (Fsp3) is 0.360. The molecule has 1 aromatic heterocycles. The molecule has 4 heterocycles. The Balaban J connectivity index is 1.47. The Bertz CT molecular complexity index is 1170. The Labute approximate surface area is 192 Å². The number of fused-ring (bicyclic) bond motifs is 1. The van der Waals surface area contributed by atoms with Crippen LogP contribution in [0.25, 0.3) is 11.1 Å². The minimum atomic E-state index is -0.649. The molecule has 0 aliphatic carbocycles. The standard InChI is InChI=1S/C25H27FN4O3/c1-25(2)19(15-21(33-25)23-18-4-3-17(26)14-20(18)28-24(23)32)16-5-6-27-22(13-16)30-9-7-29(8-10-30)11-12-31/h3-6,13-15,31H,7-12H2,1-2H3,(H,28,32). The van der Waals surface area contributed by atoms with Crippen LogP contribution in [0, 0.1) is 5.82 Å². The van der Waals surface area contributed by atoms with Gasteiger partial charge in [0.2, 0.25) is 0 Å². The van der Waals surface area contributed by atoms with Gasteiger partial charge in [-0.05, 0) is 55.8 Å². The monoisotopic (exact) mass is 450 g/mol. The summed E-state index contributed by atoms with van der Waals surface area (Å²) in [7, 11) is 0. The van der Waals surface area contributed by atoms with Crippen LogP contribution in [-0.4, -0.2) is 65.8 Å². The van der Waals surface area contributed by atoms with Crippen molar-refractivity contribution in [3.8, 4) is 0 Å². The van der Waals surface area contributed by atoms with Gasteiger partial charge in [0.25, 0.3) is 5.91 Å². The van der Waals surface area contributed by atoms with Crippen molar-refractivity contribution < 1.29 is 19.0 Å². The molecule has 0 radical (unpaired) electrons. The summed E-state index contributed by atoms with van der Waals surface area (Å²) in [4.78, 5) is 21.7. The molecule has 1 amide bonds. The zero-order valence-corrected chi connectivity index (χ0v) is 18.8. The van der Waals surface area contributed by atoms with Crippen molar-refractivity contribution in [3.63, 3.8) is 0 Å². The van der Waals surface area contributed by atoms with E-state index in [0.29, 0.717) is 29.1 Å². The maximum absolute atomic E-state index is 13.6. The molecule has 1 saturated heterocycles. The van der Waals surface area contributed by atoms with Crippen LogP contribution >= 0.6 is 0 Å². The Morgan fingerprint density at radius 1 is 1.18 bits per heavy atom. The van der Waals surface area contributed by atoms with Crippen LogP contribution in [0.15, 0.2) is 48.4 Å². The van der Waals surface area contributed by atoms with Crippen LogP contribution in [0.1, 0.15) is 25.0 Å². The molecule has 5 rings (SSSR count). The summed E-state index contributed by atoms with van der Waals surface area (Å²) in [5, 5.41) is 11.9. The number of carbonyl (C=O) groups excluding carboxylic acids is 1. The maximum Gasteiger partial charge on any atom is 0.260 e. The molecule has 7 nitrogen and oxygen atoms in total. The summed E-state index contributed by atoms with van der Waals surface area (Å²) >= 11 is 0. The molecule has 0 spiro atoms. The van der Waals surface area contributed by atoms with Gasteiger partial charge in [-0.1, -0.05) is 0 Å². The highest BCUT2D eigenvalue weighted by molar-refractivity contribution is 6.32. The van der Waals surface area contributed by atoms with E-state index >= 15 is 0 Å². The van der Waals surface area contributed by atoms with Gasteiger partial charge >= 0.3 is 0 Å². The number of anilines is 2. The second-order valence-electron chi connectivity index (χ2n) is 9.01. The molecular formula is C25H27FN4O3. The fourth-order valence-corrected chi connectivity index (χ4v) is 4.71. The lowest BCUT2D eigenvalue weighted by atomic mass is 9.92. The third-order valence-corrected chi connectivity index (χ3v) is 6.43. The van der Waals surface area contributed by atoms with Crippen LogP contribution in [-0.2, 0) is 9.53 Å². The molecule has 0 bridgehead atoms. The van der Waals surface area contributed by atoms with Gasteiger partial charge in [0.05, 0.1) is 17.9 Å². The summed E-state index contributed by atoms with van der Waals surface area (Å²) in [6, 6.07) is 8.28. The van der Waals surface area contributed by atoms with Crippen molar-refractivity contribution >= 4 is 28.6 Å². The lowest BCUT2D eigenvalue weighted by molar-refractivity contribution is -0.111. The molecule has 2 aromatic rings. The van der Waals surface area contributed by atoms with Gasteiger partial charge in [-0.25, -0.2) is 9.37 Å². The quantitative estimate of drug-likeness (QED) is 0.698. The number of β-amino-alcohol motifs (C(OH)–C–C–N with tert-alkyl or cyclic N) is 1. The molecular weight excluding hydrogens is 423 g/mol. The van der Waals surface area contributed by atoms with E-state index < -0.39 is 11.4 Å².